The Morgan fingerprint density at radius 2 is 2.04 bits per heavy atom. The molecule has 0 N–H and O–H groups in total. The molecule has 3 heterocycles. The molecular weight excluding hydrogens is 352 g/mol. The van der Waals surface area contributed by atoms with Gasteiger partial charge in [-0.15, -0.1) is 0 Å². The number of aromatic nitrogens is 3. The van der Waals surface area contributed by atoms with Crippen molar-refractivity contribution >= 4 is 5.91 Å². The highest BCUT2D eigenvalue weighted by atomic mass is 16.5. The molecule has 28 heavy (non-hydrogen) atoms. The van der Waals surface area contributed by atoms with Gasteiger partial charge in [0.2, 0.25) is 5.91 Å². The van der Waals surface area contributed by atoms with Gasteiger partial charge in [-0.1, -0.05) is 35.5 Å². The van der Waals surface area contributed by atoms with Crippen LogP contribution in [-0.4, -0.2) is 32.5 Å². The van der Waals surface area contributed by atoms with Gasteiger partial charge in [-0.25, -0.2) is 4.98 Å². The maximum atomic E-state index is 12.9. The smallest absolute Gasteiger partial charge is 0.223 e. The van der Waals surface area contributed by atoms with Crippen LogP contribution in [0.25, 0.3) is 11.3 Å². The van der Waals surface area contributed by atoms with Crippen molar-refractivity contribution in [2.75, 3.05) is 6.54 Å². The first-order valence-electron chi connectivity index (χ1n) is 9.72. The Bertz CT molecular complexity index is 948. The molecule has 3 aromatic rings. The molecule has 1 saturated heterocycles. The molecule has 1 aliphatic rings. The Kier molecular flexibility index (Phi) is 5.19. The van der Waals surface area contributed by atoms with E-state index in [-0.39, 0.29) is 11.9 Å². The summed E-state index contributed by atoms with van der Waals surface area (Å²) in [5.41, 5.74) is 4.45. The molecule has 1 aromatic carbocycles. The fraction of sp³-hybridized carbons (Fsp3) is 0.364. The molecular formula is C22H24N4O2. The van der Waals surface area contributed by atoms with Gasteiger partial charge in [0.1, 0.15) is 5.76 Å². The normalized spacial score (nSPS) is 16.5. The summed E-state index contributed by atoms with van der Waals surface area (Å²) in [5.74, 6) is 0.905. The number of nitrogens with zero attached hydrogens (tertiary/aromatic N) is 4. The van der Waals surface area contributed by atoms with E-state index in [1.807, 2.05) is 36.9 Å². The average Bonchev–Trinajstić information content (AvgIpc) is 3.34. The number of carbonyl (C=O) groups excluding carboxylic acids is 1. The number of amides is 1. The van der Waals surface area contributed by atoms with Gasteiger partial charge in [-0.05, 0) is 38.7 Å². The second-order valence-corrected chi connectivity index (χ2v) is 7.26. The number of carbonyl (C=O) groups is 1. The van der Waals surface area contributed by atoms with Crippen molar-refractivity contribution in [3.63, 3.8) is 0 Å². The lowest BCUT2D eigenvalue weighted by atomic mass is 10.1. The molecule has 1 atom stereocenters. The number of rotatable bonds is 5. The molecule has 0 radical (unpaired) electrons. The summed E-state index contributed by atoms with van der Waals surface area (Å²) in [6.07, 6.45) is 6.67. The van der Waals surface area contributed by atoms with Crippen molar-refractivity contribution in [3.05, 3.63) is 65.4 Å². The minimum absolute atomic E-state index is 0.0174. The van der Waals surface area contributed by atoms with E-state index in [0.717, 1.165) is 54.2 Å². The second kappa shape index (κ2) is 7.92. The average molecular weight is 376 g/mol. The standard InChI is InChI=1S/C22H24N4O2/c1-15-22(16(2)28-25-15)19-14-23-13-18(24-19)20-9-6-12-26(20)21(27)11-10-17-7-4-3-5-8-17/h3-5,7-8,13-14,20H,6,9-12H2,1-2H3. The number of likely N-dealkylation sites (tertiary alicyclic amines) is 1. The molecule has 1 unspecified atom stereocenters. The molecule has 6 nitrogen and oxygen atoms in total. The summed E-state index contributed by atoms with van der Waals surface area (Å²) in [5, 5.41) is 4.01. The SMILES string of the molecule is Cc1noc(C)c1-c1cncc(C2CCCN2C(=O)CCc2ccccc2)n1. The molecule has 2 aromatic heterocycles. The maximum Gasteiger partial charge on any atom is 0.223 e. The number of hydrogen-bond acceptors (Lipinski definition) is 5. The largest absolute Gasteiger partial charge is 0.361 e. The fourth-order valence-electron chi connectivity index (χ4n) is 3.92. The van der Waals surface area contributed by atoms with E-state index in [4.69, 9.17) is 9.51 Å². The van der Waals surface area contributed by atoms with Crippen LogP contribution in [0.1, 0.15) is 48.0 Å². The summed E-state index contributed by atoms with van der Waals surface area (Å²) in [6, 6.07) is 10.1. The summed E-state index contributed by atoms with van der Waals surface area (Å²) < 4.78 is 5.27. The predicted octanol–water partition coefficient (Wildman–Crippen LogP) is 4.04. The molecule has 4 rings (SSSR count). The Morgan fingerprint density at radius 3 is 2.79 bits per heavy atom. The second-order valence-electron chi connectivity index (χ2n) is 7.26. The van der Waals surface area contributed by atoms with Gasteiger partial charge in [-0.2, -0.15) is 0 Å². The molecule has 0 saturated carbocycles. The zero-order valence-electron chi connectivity index (χ0n) is 16.3. The minimum Gasteiger partial charge on any atom is -0.361 e. The molecule has 6 heteroatoms. The predicted molar refractivity (Wildman–Crippen MR) is 105 cm³/mol. The quantitative estimate of drug-likeness (QED) is 0.672. The monoisotopic (exact) mass is 376 g/mol. The first-order chi connectivity index (χ1) is 13.6. The van der Waals surface area contributed by atoms with E-state index in [2.05, 4.69) is 22.3 Å². The maximum absolute atomic E-state index is 12.9. The third-order valence-electron chi connectivity index (χ3n) is 5.33. The number of aryl methyl sites for hydroxylation is 3. The van der Waals surface area contributed by atoms with Crippen LogP contribution in [0.2, 0.25) is 0 Å². The van der Waals surface area contributed by atoms with Crippen molar-refractivity contribution in [1.29, 1.82) is 0 Å². The van der Waals surface area contributed by atoms with Gasteiger partial charge in [-0.3, -0.25) is 9.78 Å². The Morgan fingerprint density at radius 1 is 1.21 bits per heavy atom. The summed E-state index contributed by atoms with van der Waals surface area (Å²) in [7, 11) is 0. The van der Waals surface area contributed by atoms with Gasteiger partial charge in [0.05, 0.1) is 41.1 Å². The zero-order chi connectivity index (χ0) is 19.5. The van der Waals surface area contributed by atoms with Gasteiger partial charge in [0.25, 0.3) is 0 Å². The lowest BCUT2D eigenvalue weighted by molar-refractivity contribution is -0.132. The number of hydrogen-bond donors (Lipinski definition) is 0. The van der Waals surface area contributed by atoms with Crippen molar-refractivity contribution in [2.24, 2.45) is 0 Å². The van der Waals surface area contributed by atoms with Crippen LogP contribution in [0.4, 0.5) is 0 Å². The Balaban J connectivity index is 1.52. The highest BCUT2D eigenvalue weighted by Crippen LogP contribution is 2.33. The van der Waals surface area contributed by atoms with Crippen molar-refractivity contribution < 1.29 is 9.32 Å². The van der Waals surface area contributed by atoms with Gasteiger partial charge in [0, 0.05) is 13.0 Å². The van der Waals surface area contributed by atoms with Crippen LogP contribution < -0.4 is 0 Å². The third kappa shape index (κ3) is 3.67. The van der Waals surface area contributed by atoms with Crippen LogP contribution in [0, 0.1) is 13.8 Å². The van der Waals surface area contributed by atoms with Gasteiger partial charge in [0.15, 0.2) is 0 Å². The van der Waals surface area contributed by atoms with Crippen LogP contribution in [0.5, 0.6) is 0 Å². The van der Waals surface area contributed by atoms with Gasteiger partial charge < -0.3 is 9.42 Å². The van der Waals surface area contributed by atoms with E-state index in [1.54, 1.807) is 12.4 Å². The molecule has 144 valence electrons. The molecule has 1 amide bonds. The molecule has 0 bridgehead atoms. The first-order valence-corrected chi connectivity index (χ1v) is 9.72. The van der Waals surface area contributed by atoms with Crippen molar-refractivity contribution in [3.8, 4) is 11.3 Å². The van der Waals surface area contributed by atoms with E-state index >= 15 is 0 Å². The Labute approximate surface area is 164 Å². The summed E-state index contributed by atoms with van der Waals surface area (Å²) in [6.45, 7) is 4.54. The summed E-state index contributed by atoms with van der Waals surface area (Å²) in [4.78, 5) is 24.0. The van der Waals surface area contributed by atoms with Crippen LogP contribution in [0.15, 0.2) is 47.2 Å². The van der Waals surface area contributed by atoms with Crippen LogP contribution >= 0.6 is 0 Å². The Hall–Kier alpha value is -3.02. The highest BCUT2D eigenvalue weighted by molar-refractivity contribution is 5.77. The minimum atomic E-state index is -0.0174. The van der Waals surface area contributed by atoms with Gasteiger partial charge >= 0.3 is 0 Å². The topological polar surface area (TPSA) is 72.1 Å². The fourth-order valence-corrected chi connectivity index (χ4v) is 3.92. The molecule has 0 spiro atoms. The van der Waals surface area contributed by atoms with E-state index in [9.17, 15) is 4.79 Å². The van der Waals surface area contributed by atoms with Crippen LogP contribution in [0.3, 0.4) is 0 Å². The molecule has 1 aliphatic heterocycles. The summed E-state index contributed by atoms with van der Waals surface area (Å²) >= 11 is 0. The van der Waals surface area contributed by atoms with Crippen LogP contribution in [-0.2, 0) is 11.2 Å². The third-order valence-corrected chi connectivity index (χ3v) is 5.33. The highest BCUT2D eigenvalue weighted by Gasteiger charge is 2.31. The van der Waals surface area contributed by atoms with E-state index < -0.39 is 0 Å². The zero-order valence-corrected chi connectivity index (χ0v) is 16.3. The number of benzene rings is 1. The van der Waals surface area contributed by atoms with E-state index in [1.165, 1.54) is 5.56 Å². The molecule has 1 fully saturated rings. The lowest BCUT2D eigenvalue weighted by Gasteiger charge is -2.24. The van der Waals surface area contributed by atoms with Crippen molar-refractivity contribution in [2.45, 2.75) is 45.6 Å². The molecule has 0 aliphatic carbocycles. The van der Waals surface area contributed by atoms with Crippen molar-refractivity contribution in [1.82, 2.24) is 20.0 Å². The lowest BCUT2D eigenvalue weighted by Crippen LogP contribution is -2.31. The first kappa shape index (κ1) is 18.3. The van der Waals surface area contributed by atoms with E-state index in [0.29, 0.717) is 6.42 Å².